The van der Waals surface area contributed by atoms with Crippen molar-refractivity contribution in [3.63, 3.8) is 0 Å². The van der Waals surface area contributed by atoms with Crippen molar-refractivity contribution < 1.29 is 23.1 Å². The second-order valence-electron chi connectivity index (χ2n) is 5.21. The van der Waals surface area contributed by atoms with Gasteiger partial charge in [0.25, 0.3) is 5.91 Å². The van der Waals surface area contributed by atoms with Gasteiger partial charge >= 0.3 is 0 Å². The summed E-state index contributed by atoms with van der Waals surface area (Å²) in [7, 11) is 0. The minimum atomic E-state index is -1.48. The standard InChI is InChI=1S/C16H13ClF3NO2/c1-16(23,9-2-4-10(18)5-3-9)8-21-15(22)11-6-13(19)14(20)7-12(11)17/h2-7,23H,8H2,1H3,(H,21,22). The molecule has 2 rings (SSSR count). The molecule has 0 heterocycles. The average Bonchev–Trinajstić information content (AvgIpc) is 2.49. The highest BCUT2D eigenvalue weighted by Gasteiger charge is 2.25. The van der Waals surface area contributed by atoms with Crippen LogP contribution in [-0.2, 0) is 5.60 Å². The van der Waals surface area contributed by atoms with Gasteiger partial charge in [0, 0.05) is 0 Å². The molecule has 3 nitrogen and oxygen atoms in total. The first kappa shape index (κ1) is 17.3. The zero-order valence-corrected chi connectivity index (χ0v) is 12.8. The second kappa shape index (κ2) is 6.60. The van der Waals surface area contributed by atoms with Crippen LogP contribution in [0.2, 0.25) is 5.02 Å². The van der Waals surface area contributed by atoms with E-state index in [1.807, 2.05) is 0 Å². The van der Waals surface area contributed by atoms with Crippen LogP contribution < -0.4 is 5.32 Å². The van der Waals surface area contributed by atoms with E-state index in [2.05, 4.69) is 5.32 Å². The van der Waals surface area contributed by atoms with Crippen molar-refractivity contribution in [2.75, 3.05) is 6.54 Å². The zero-order chi connectivity index (χ0) is 17.2. The normalized spacial score (nSPS) is 13.5. The number of aliphatic hydroxyl groups is 1. The van der Waals surface area contributed by atoms with Crippen LogP contribution in [0.5, 0.6) is 0 Å². The highest BCUT2D eigenvalue weighted by molar-refractivity contribution is 6.33. The van der Waals surface area contributed by atoms with Crippen LogP contribution in [0.15, 0.2) is 36.4 Å². The van der Waals surface area contributed by atoms with E-state index in [1.165, 1.54) is 31.2 Å². The summed E-state index contributed by atoms with van der Waals surface area (Å²) >= 11 is 5.71. The number of nitrogens with one attached hydrogen (secondary N) is 1. The zero-order valence-electron chi connectivity index (χ0n) is 12.0. The lowest BCUT2D eigenvalue weighted by molar-refractivity contribution is 0.0526. The summed E-state index contributed by atoms with van der Waals surface area (Å²) < 4.78 is 39.1. The first-order chi connectivity index (χ1) is 10.7. The van der Waals surface area contributed by atoms with Crippen LogP contribution in [0.25, 0.3) is 0 Å². The third-order valence-corrected chi connectivity index (χ3v) is 3.63. The van der Waals surface area contributed by atoms with Gasteiger partial charge in [-0.25, -0.2) is 13.2 Å². The molecule has 0 aromatic heterocycles. The summed E-state index contributed by atoms with van der Waals surface area (Å²) in [5.74, 6) is -3.59. The lowest BCUT2D eigenvalue weighted by atomic mass is 9.96. The van der Waals surface area contributed by atoms with Gasteiger partial charge in [-0.05, 0) is 36.8 Å². The summed E-state index contributed by atoms with van der Waals surface area (Å²) in [5, 5.41) is 12.5. The Hall–Kier alpha value is -2.05. The number of carbonyl (C=O) groups is 1. The summed E-state index contributed by atoms with van der Waals surface area (Å²) in [6.45, 7) is 1.19. The quantitative estimate of drug-likeness (QED) is 0.836. The number of hydrogen-bond donors (Lipinski definition) is 2. The van der Waals surface area contributed by atoms with Crippen molar-refractivity contribution in [3.8, 4) is 0 Å². The Labute approximate surface area is 135 Å². The molecular weight excluding hydrogens is 331 g/mol. The maximum Gasteiger partial charge on any atom is 0.253 e. The van der Waals surface area contributed by atoms with Gasteiger partial charge in [-0.1, -0.05) is 23.7 Å². The van der Waals surface area contributed by atoms with Crippen molar-refractivity contribution in [2.24, 2.45) is 0 Å². The van der Waals surface area contributed by atoms with Crippen LogP contribution in [0.1, 0.15) is 22.8 Å². The Balaban J connectivity index is 2.12. The minimum absolute atomic E-state index is 0.229. The number of rotatable bonds is 4. The van der Waals surface area contributed by atoms with Gasteiger partial charge in [0.15, 0.2) is 11.6 Å². The number of carbonyl (C=O) groups excluding carboxylic acids is 1. The fraction of sp³-hybridized carbons (Fsp3) is 0.188. The molecule has 23 heavy (non-hydrogen) atoms. The van der Waals surface area contributed by atoms with E-state index >= 15 is 0 Å². The average molecular weight is 344 g/mol. The largest absolute Gasteiger partial charge is 0.384 e. The third kappa shape index (κ3) is 4.03. The Morgan fingerprint density at radius 2 is 1.74 bits per heavy atom. The number of hydrogen-bond acceptors (Lipinski definition) is 2. The van der Waals surface area contributed by atoms with Gasteiger partial charge < -0.3 is 10.4 Å². The van der Waals surface area contributed by atoms with E-state index in [9.17, 15) is 23.1 Å². The third-order valence-electron chi connectivity index (χ3n) is 3.31. The minimum Gasteiger partial charge on any atom is -0.384 e. The highest BCUT2D eigenvalue weighted by atomic mass is 35.5. The molecular formula is C16H13ClF3NO2. The van der Waals surface area contributed by atoms with Crippen LogP contribution in [0, 0.1) is 17.5 Å². The van der Waals surface area contributed by atoms with Crippen LogP contribution in [-0.4, -0.2) is 17.6 Å². The van der Waals surface area contributed by atoms with Gasteiger partial charge in [-0.2, -0.15) is 0 Å². The van der Waals surface area contributed by atoms with Crippen molar-refractivity contribution in [3.05, 3.63) is 70.0 Å². The first-order valence-electron chi connectivity index (χ1n) is 6.62. The Morgan fingerprint density at radius 3 is 2.35 bits per heavy atom. The smallest absolute Gasteiger partial charge is 0.253 e. The molecule has 7 heteroatoms. The molecule has 0 spiro atoms. The number of halogens is 4. The SMILES string of the molecule is CC(O)(CNC(=O)c1cc(F)c(F)cc1Cl)c1ccc(F)cc1. The maximum atomic E-state index is 13.2. The summed E-state index contributed by atoms with van der Waals surface area (Å²) in [4.78, 5) is 12.0. The molecule has 0 fully saturated rings. The summed E-state index contributed by atoms with van der Waals surface area (Å²) in [6, 6.07) is 6.50. The molecule has 2 N–H and O–H groups in total. The van der Waals surface area contributed by atoms with Gasteiger partial charge in [0.05, 0.1) is 17.1 Å². The summed E-state index contributed by atoms with van der Waals surface area (Å²) in [6.07, 6.45) is 0. The Kier molecular flexibility index (Phi) is 4.97. The van der Waals surface area contributed by atoms with Crippen LogP contribution >= 0.6 is 11.6 Å². The van der Waals surface area contributed by atoms with Crippen molar-refractivity contribution in [1.29, 1.82) is 0 Å². The molecule has 0 aliphatic carbocycles. The van der Waals surface area contributed by atoms with Crippen molar-refractivity contribution in [1.82, 2.24) is 5.32 Å². The molecule has 1 atom stereocenters. The van der Waals surface area contributed by atoms with E-state index in [0.29, 0.717) is 17.7 Å². The summed E-state index contributed by atoms with van der Waals surface area (Å²) in [5.41, 5.74) is -1.34. The van der Waals surface area contributed by atoms with Gasteiger partial charge in [-0.15, -0.1) is 0 Å². The van der Waals surface area contributed by atoms with Crippen LogP contribution in [0.3, 0.4) is 0 Å². The first-order valence-corrected chi connectivity index (χ1v) is 6.99. The van der Waals surface area contributed by atoms with E-state index < -0.39 is 29.0 Å². The molecule has 0 aliphatic heterocycles. The molecule has 0 saturated carbocycles. The van der Waals surface area contributed by atoms with E-state index in [-0.39, 0.29) is 17.1 Å². The monoisotopic (exact) mass is 343 g/mol. The topological polar surface area (TPSA) is 49.3 Å². The molecule has 2 aromatic carbocycles. The molecule has 0 aliphatic rings. The van der Waals surface area contributed by atoms with E-state index in [0.717, 1.165) is 0 Å². The number of benzene rings is 2. The van der Waals surface area contributed by atoms with Gasteiger partial charge in [-0.3, -0.25) is 4.79 Å². The molecule has 0 bridgehead atoms. The molecule has 2 aromatic rings. The molecule has 1 amide bonds. The lowest BCUT2D eigenvalue weighted by Crippen LogP contribution is -2.38. The Bertz CT molecular complexity index is 733. The van der Waals surface area contributed by atoms with Crippen LogP contribution in [0.4, 0.5) is 13.2 Å². The van der Waals surface area contributed by atoms with Crippen molar-refractivity contribution in [2.45, 2.75) is 12.5 Å². The lowest BCUT2D eigenvalue weighted by Gasteiger charge is -2.24. The molecule has 1 unspecified atom stereocenters. The molecule has 122 valence electrons. The fourth-order valence-corrected chi connectivity index (χ4v) is 2.19. The highest BCUT2D eigenvalue weighted by Crippen LogP contribution is 2.22. The molecule has 0 radical (unpaired) electrons. The fourth-order valence-electron chi connectivity index (χ4n) is 1.96. The predicted molar refractivity (Wildman–Crippen MR) is 79.7 cm³/mol. The second-order valence-corrected chi connectivity index (χ2v) is 5.62. The number of amides is 1. The van der Waals surface area contributed by atoms with Crippen molar-refractivity contribution >= 4 is 17.5 Å². The maximum absolute atomic E-state index is 13.2. The Morgan fingerprint density at radius 1 is 1.17 bits per heavy atom. The van der Waals surface area contributed by atoms with E-state index in [4.69, 9.17) is 11.6 Å². The van der Waals surface area contributed by atoms with E-state index in [1.54, 1.807) is 0 Å². The predicted octanol–water partition coefficient (Wildman–Crippen LogP) is 3.39. The van der Waals surface area contributed by atoms with Gasteiger partial charge in [0.2, 0.25) is 0 Å². The van der Waals surface area contributed by atoms with Gasteiger partial charge in [0.1, 0.15) is 11.4 Å². The molecule has 0 saturated heterocycles.